The van der Waals surface area contributed by atoms with Crippen LogP contribution in [0.1, 0.15) is 50.0 Å². The van der Waals surface area contributed by atoms with Gasteiger partial charge in [0, 0.05) is 40.6 Å². The monoisotopic (exact) mass is 359 g/mol. The number of carbonyl (C=O) groups excluding carboxylic acids is 2. The van der Waals surface area contributed by atoms with Crippen LogP contribution in [0.15, 0.2) is 41.6 Å². The van der Waals surface area contributed by atoms with E-state index < -0.39 is 11.7 Å². The van der Waals surface area contributed by atoms with Gasteiger partial charge in [-0.25, -0.2) is 0 Å². The molecular weight excluding hydrogens is 343 g/mol. The Morgan fingerprint density at radius 2 is 1.50 bits per heavy atom. The van der Waals surface area contributed by atoms with E-state index in [4.69, 9.17) is 0 Å². The van der Waals surface area contributed by atoms with Crippen LogP contribution in [0.25, 0.3) is 0 Å². The number of benzene rings is 1. The molecule has 3 rings (SSSR count). The van der Waals surface area contributed by atoms with Gasteiger partial charge >= 0.3 is 6.18 Å². The van der Waals surface area contributed by atoms with Crippen LogP contribution >= 0.6 is 0 Å². The number of halogens is 3. The van der Waals surface area contributed by atoms with Crippen LogP contribution in [-0.2, 0) is 12.6 Å². The molecule has 1 aliphatic carbocycles. The molecule has 1 aliphatic rings. The fraction of sp³-hybridized carbons (Fsp3) is 0.250. The molecule has 26 heavy (non-hydrogen) atoms. The van der Waals surface area contributed by atoms with E-state index in [1.807, 2.05) is 13.8 Å². The largest absolute Gasteiger partial charge is 0.417 e. The summed E-state index contributed by atoms with van der Waals surface area (Å²) in [7, 11) is 0. The number of ketones is 2. The highest BCUT2D eigenvalue weighted by Crippen LogP contribution is 2.31. The highest BCUT2D eigenvalue weighted by molar-refractivity contribution is 6.26. The van der Waals surface area contributed by atoms with Crippen molar-refractivity contribution in [1.82, 2.24) is 4.98 Å². The topological polar surface area (TPSA) is 47.0 Å². The van der Waals surface area contributed by atoms with Crippen LogP contribution < -0.4 is 0 Å². The molecule has 0 N–H and O–H groups in total. The summed E-state index contributed by atoms with van der Waals surface area (Å²) in [6, 6.07) is 5.56. The smallest absolute Gasteiger partial charge is 0.289 e. The van der Waals surface area contributed by atoms with Crippen molar-refractivity contribution in [3.8, 4) is 0 Å². The number of fused-ring (bicyclic) bond motifs is 1. The molecule has 6 heteroatoms. The number of aryl methyl sites for hydroxylation is 2. The third-order valence-corrected chi connectivity index (χ3v) is 4.70. The second kappa shape index (κ2) is 6.20. The van der Waals surface area contributed by atoms with Gasteiger partial charge in [0.05, 0.1) is 5.56 Å². The quantitative estimate of drug-likeness (QED) is 0.784. The van der Waals surface area contributed by atoms with Crippen molar-refractivity contribution < 1.29 is 22.8 Å². The van der Waals surface area contributed by atoms with Crippen LogP contribution in [0.3, 0.4) is 0 Å². The van der Waals surface area contributed by atoms with Crippen molar-refractivity contribution in [2.24, 2.45) is 0 Å². The zero-order chi connectivity index (χ0) is 19.2. The normalized spacial score (nSPS) is 14.7. The molecule has 0 saturated carbocycles. The first-order valence-corrected chi connectivity index (χ1v) is 8.02. The number of aromatic nitrogens is 1. The van der Waals surface area contributed by atoms with E-state index in [1.54, 1.807) is 19.1 Å². The van der Waals surface area contributed by atoms with E-state index >= 15 is 0 Å². The predicted octanol–water partition coefficient (Wildman–Crippen LogP) is 4.66. The Labute approximate surface area is 148 Å². The molecule has 1 aromatic carbocycles. The van der Waals surface area contributed by atoms with Gasteiger partial charge in [-0.05, 0) is 56.2 Å². The minimum atomic E-state index is -4.47. The van der Waals surface area contributed by atoms with Gasteiger partial charge < -0.3 is 0 Å². The Hall–Kier alpha value is -2.76. The Kier molecular flexibility index (Phi) is 4.30. The number of allylic oxidation sites excluding steroid dienone is 2. The standard InChI is InChI=1S/C20H16F3NO2/c1-10-6-16-17(7-11(10)2)19(26)15(12(3)18(16)25)8-14-5-4-13(9-24-14)20(21,22)23/h4-7,9H,8H2,1-3H3. The van der Waals surface area contributed by atoms with Crippen LogP contribution in [-0.4, -0.2) is 16.6 Å². The fourth-order valence-corrected chi connectivity index (χ4v) is 2.95. The summed E-state index contributed by atoms with van der Waals surface area (Å²) in [6.45, 7) is 5.29. The molecule has 1 aromatic heterocycles. The first-order chi connectivity index (χ1) is 12.1. The number of Topliss-reactive ketones (excluding diaryl/α,β-unsaturated/α-hetero) is 2. The highest BCUT2D eigenvalue weighted by Gasteiger charge is 2.32. The summed E-state index contributed by atoms with van der Waals surface area (Å²) in [5.41, 5.74) is 2.58. The van der Waals surface area contributed by atoms with Crippen molar-refractivity contribution in [2.45, 2.75) is 33.4 Å². The van der Waals surface area contributed by atoms with Crippen molar-refractivity contribution >= 4 is 11.6 Å². The van der Waals surface area contributed by atoms with E-state index in [1.165, 1.54) is 6.07 Å². The van der Waals surface area contributed by atoms with Crippen LogP contribution in [0, 0.1) is 13.8 Å². The Morgan fingerprint density at radius 3 is 2.00 bits per heavy atom. The first kappa shape index (κ1) is 18.0. The Balaban J connectivity index is 1.98. The number of hydrogen-bond donors (Lipinski definition) is 0. The van der Waals surface area contributed by atoms with E-state index in [0.29, 0.717) is 22.4 Å². The summed E-state index contributed by atoms with van der Waals surface area (Å²) in [6.07, 6.45) is -3.71. The molecule has 0 unspecified atom stereocenters. The van der Waals surface area contributed by atoms with Gasteiger partial charge in [0.15, 0.2) is 11.6 Å². The maximum atomic E-state index is 12.8. The molecule has 3 nitrogen and oxygen atoms in total. The third kappa shape index (κ3) is 3.07. The lowest BCUT2D eigenvalue weighted by Gasteiger charge is -2.20. The lowest BCUT2D eigenvalue weighted by Crippen LogP contribution is -2.23. The van der Waals surface area contributed by atoms with Gasteiger partial charge in [-0.3, -0.25) is 14.6 Å². The first-order valence-electron chi connectivity index (χ1n) is 8.02. The van der Waals surface area contributed by atoms with Crippen molar-refractivity contribution in [3.05, 3.63) is 75.1 Å². The summed E-state index contributed by atoms with van der Waals surface area (Å²) in [4.78, 5) is 29.3. The minimum Gasteiger partial charge on any atom is -0.289 e. The molecule has 0 atom stereocenters. The van der Waals surface area contributed by atoms with Crippen molar-refractivity contribution in [1.29, 1.82) is 0 Å². The SMILES string of the molecule is CC1=C(Cc2ccc(C(F)(F)F)cn2)C(=O)c2cc(C)c(C)cc2C1=O. The lowest BCUT2D eigenvalue weighted by molar-refractivity contribution is -0.137. The lowest BCUT2D eigenvalue weighted by atomic mass is 9.81. The van der Waals surface area contributed by atoms with Crippen molar-refractivity contribution in [3.63, 3.8) is 0 Å². The fourth-order valence-electron chi connectivity index (χ4n) is 2.95. The molecule has 0 aliphatic heterocycles. The predicted molar refractivity (Wildman–Crippen MR) is 90.2 cm³/mol. The second-order valence-electron chi connectivity index (χ2n) is 6.46. The number of nitrogens with zero attached hydrogens (tertiary/aromatic N) is 1. The van der Waals surface area contributed by atoms with Gasteiger partial charge in [0.25, 0.3) is 0 Å². The molecule has 0 radical (unpaired) electrons. The van der Waals surface area contributed by atoms with Gasteiger partial charge in [0.1, 0.15) is 0 Å². The molecule has 0 spiro atoms. The molecule has 0 amide bonds. The zero-order valence-corrected chi connectivity index (χ0v) is 14.5. The molecular formula is C20H16F3NO2. The maximum Gasteiger partial charge on any atom is 0.417 e. The number of carbonyl (C=O) groups is 2. The van der Waals surface area contributed by atoms with E-state index in [9.17, 15) is 22.8 Å². The van der Waals surface area contributed by atoms with Crippen LogP contribution in [0.4, 0.5) is 13.2 Å². The molecule has 2 aromatic rings. The average Bonchev–Trinajstić information content (AvgIpc) is 2.58. The number of rotatable bonds is 2. The molecule has 0 fully saturated rings. The van der Waals surface area contributed by atoms with Gasteiger partial charge in [0.2, 0.25) is 0 Å². The van der Waals surface area contributed by atoms with Crippen molar-refractivity contribution in [2.75, 3.05) is 0 Å². The Bertz CT molecular complexity index is 954. The van der Waals surface area contributed by atoms with E-state index in [0.717, 1.165) is 23.4 Å². The number of pyridine rings is 1. The number of hydrogen-bond acceptors (Lipinski definition) is 3. The summed E-state index contributed by atoms with van der Waals surface area (Å²) in [5.74, 6) is -0.508. The molecule has 1 heterocycles. The number of alkyl halides is 3. The molecule has 0 saturated heterocycles. The van der Waals surface area contributed by atoms with Crippen LogP contribution in [0.2, 0.25) is 0 Å². The second-order valence-corrected chi connectivity index (χ2v) is 6.46. The minimum absolute atomic E-state index is 0.0148. The third-order valence-electron chi connectivity index (χ3n) is 4.70. The Morgan fingerprint density at radius 1 is 0.923 bits per heavy atom. The average molecular weight is 359 g/mol. The highest BCUT2D eigenvalue weighted by atomic mass is 19.4. The van der Waals surface area contributed by atoms with E-state index in [2.05, 4.69) is 4.98 Å². The summed E-state index contributed by atoms with van der Waals surface area (Å²) < 4.78 is 37.9. The summed E-state index contributed by atoms with van der Waals surface area (Å²) >= 11 is 0. The zero-order valence-electron chi connectivity index (χ0n) is 14.5. The van der Waals surface area contributed by atoms with Gasteiger partial charge in [-0.2, -0.15) is 13.2 Å². The van der Waals surface area contributed by atoms with E-state index in [-0.39, 0.29) is 23.6 Å². The van der Waals surface area contributed by atoms with Gasteiger partial charge in [-0.15, -0.1) is 0 Å². The van der Waals surface area contributed by atoms with Gasteiger partial charge in [-0.1, -0.05) is 0 Å². The maximum absolute atomic E-state index is 12.8. The molecule has 0 bridgehead atoms. The summed E-state index contributed by atoms with van der Waals surface area (Å²) in [5, 5.41) is 0. The molecule has 134 valence electrons. The van der Waals surface area contributed by atoms with Crippen LogP contribution in [0.5, 0.6) is 0 Å².